The quantitative estimate of drug-likeness (QED) is 0.648. The summed E-state index contributed by atoms with van der Waals surface area (Å²) in [4.78, 5) is 26.2. The molecule has 2 amide bonds. The van der Waals surface area contributed by atoms with Crippen molar-refractivity contribution in [2.75, 3.05) is 13.2 Å². The second-order valence-electron chi connectivity index (χ2n) is 5.95. The molecule has 3 rings (SSSR count). The van der Waals surface area contributed by atoms with E-state index in [1.165, 1.54) is 29.7 Å². The lowest BCUT2D eigenvalue weighted by molar-refractivity contribution is -0.128. The summed E-state index contributed by atoms with van der Waals surface area (Å²) < 4.78 is 5.24. The lowest BCUT2D eigenvalue weighted by Crippen LogP contribution is -2.45. The van der Waals surface area contributed by atoms with Crippen LogP contribution in [0.4, 0.5) is 0 Å². The lowest BCUT2D eigenvalue weighted by Gasteiger charge is -2.21. The molecule has 6 heteroatoms. The van der Waals surface area contributed by atoms with Crippen LogP contribution >= 0.6 is 11.3 Å². The summed E-state index contributed by atoms with van der Waals surface area (Å²) in [6, 6.07) is 1.99. The first-order valence-electron chi connectivity index (χ1n) is 8.03. The topological polar surface area (TPSA) is 67.4 Å². The minimum Gasteiger partial charge on any atom is -0.381 e. The Balaban J connectivity index is 1.54. The fraction of sp³-hybridized carbons (Fsp3) is 0.625. The zero-order valence-corrected chi connectivity index (χ0v) is 13.5. The molecule has 2 heterocycles. The molecule has 2 N–H and O–H groups in total. The number of aryl methyl sites for hydroxylation is 2. The van der Waals surface area contributed by atoms with E-state index in [-0.39, 0.29) is 17.7 Å². The first-order chi connectivity index (χ1) is 10.7. The molecule has 0 aromatic carbocycles. The minimum absolute atomic E-state index is 0.0610. The van der Waals surface area contributed by atoms with E-state index >= 15 is 0 Å². The van der Waals surface area contributed by atoms with Crippen molar-refractivity contribution in [2.45, 2.75) is 44.9 Å². The average Bonchev–Trinajstić information content (AvgIpc) is 2.84. The van der Waals surface area contributed by atoms with Gasteiger partial charge in [-0.25, -0.2) is 0 Å². The Morgan fingerprint density at radius 3 is 2.68 bits per heavy atom. The Morgan fingerprint density at radius 2 is 1.86 bits per heavy atom. The Hall–Kier alpha value is -1.40. The van der Waals surface area contributed by atoms with Crippen molar-refractivity contribution in [2.24, 2.45) is 5.92 Å². The van der Waals surface area contributed by atoms with Gasteiger partial charge in [-0.1, -0.05) is 6.42 Å². The molecule has 1 saturated heterocycles. The van der Waals surface area contributed by atoms with Crippen LogP contribution in [-0.2, 0) is 22.4 Å². The fourth-order valence-electron chi connectivity index (χ4n) is 3.02. The highest BCUT2D eigenvalue weighted by Gasteiger charge is 2.22. The van der Waals surface area contributed by atoms with Crippen LogP contribution in [0.5, 0.6) is 0 Å². The highest BCUT2D eigenvalue weighted by molar-refractivity contribution is 7.14. The van der Waals surface area contributed by atoms with Gasteiger partial charge >= 0.3 is 0 Å². The molecule has 1 aromatic heterocycles. The van der Waals surface area contributed by atoms with E-state index in [2.05, 4.69) is 10.9 Å². The van der Waals surface area contributed by atoms with Crippen molar-refractivity contribution in [3.63, 3.8) is 0 Å². The molecule has 1 aliphatic heterocycles. The fourth-order valence-corrected chi connectivity index (χ4v) is 4.17. The van der Waals surface area contributed by atoms with Crippen molar-refractivity contribution in [3.05, 3.63) is 21.4 Å². The number of ether oxygens (including phenoxy) is 1. The van der Waals surface area contributed by atoms with E-state index in [0.29, 0.717) is 18.1 Å². The Labute approximate surface area is 134 Å². The van der Waals surface area contributed by atoms with Gasteiger partial charge < -0.3 is 4.74 Å². The van der Waals surface area contributed by atoms with E-state index in [4.69, 9.17) is 4.74 Å². The predicted octanol–water partition coefficient (Wildman–Crippen LogP) is 2.20. The molecule has 0 bridgehead atoms. The molecule has 1 aliphatic carbocycles. The smallest absolute Gasteiger partial charge is 0.279 e. The number of amides is 2. The van der Waals surface area contributed by atoms with Gasteiger partial charge in [0.1, 0.15) is 0 Å². The molecule has 22 heavy (non-hydrogen) atoms. The van der Waals surface area contributed by atoms with Crippen LogP contribution in [0.3, 0.4) is 0 Å². The minimum atomic E-state index is -0.210. The normalized spacial score (nSPS) is 19.1. The Kier molecular flexibility index (Phi) is 5.10. The third-order valence-corrected chi connectivity index (χ3v) is 5.60. The summed E-state index contributed by atoms with van der Waals surface area (Å²) >= 11 is 1.56. The number of hydrazine groups is 1. The van der Waals surface area contributed by atoms with Crippen LogP contribution in [0, 0.1) is 5.92 Å². The summed E-state index contributed by atoms with van der Waals surface area (Å²) in [6.45, 7) is 1.23. The Morgan fingerprint density at radius 1 is 1.09 bits per heavy atom. The maximum absolute atomic E-state index is 12.2. The second-order valence-corrected chi connectivity index (χ2v) is 7.09. The third-order valence-electron chi connectivity index (χ3n) is 4.36. The predicted molar refractivity (Wildman–Crippen MR) is 84.7 cm³/mol. The van der Waals surface area contributed by atoms with Gasteiger partial charge in [0.15, 0.2) is 0 Å². The van der Waals surface area contributed by atoms with Gasteiger partial charge in [0.25, 0.3) is 5.91 Å². The molecule has 1 fully saturated rings. The second kappa shape index (κ2) is 7.24. The van der Waals surface area contributed by atoms with Crippen LogP contribution in [0.25, 0.3) is 0 Å². The van der Waals surface area contributed by atoms with E-state index in [1.807, 2.05) is 6.07 Å². The van der Waals surface area contributed by atoms with Crippen molar-refractivity contribution in [3.8, 4) is 0 Å². The number of nitrogens with one attached hydrogen (secondary N) is 2. The molecule has 0 saturated carbocycles. The van der Waals surface area contributed by atoms with Crippen molar-refractivity contribution < 1.29 is 14.3 Å². The van der Waals surface area contributed by atoms with Gasteiger partial charge in [-0.2, -0.15) is 0 Å². The lowest BCUT2D eigenvalue weighted by atomic mass is 10.00. The molecule has 0 unspecified atom stereocenters. The zero-order valence-electron chi connectivity index (χ0n) is 12.7. The summed E-state index contributed by atoms with van der Waals surface area (Å²) in [7, 11) is 0. The van der Waals surface area contributed by atoms with Crippen molar-refractivity contribution >= 4 is 23.2 Å². The highest BCUT2D eigenvalue weighted by atomic mass is 32.1. The van der Waals surface area contributed by atoms with Gasteiger partial charge in [-0.15, -0.1) is 11.3 Å². The van der Waals surface area contributed by atoms with Gasteiger partial charge in [-0.3, -0.25) is 20.4 Å². The van der Waals surface area contributed by atoms with Crippen molar-refractivity contribution in [1.29, 1.82) is 0 Å². The first kappa shape index (κ1) is 15.5. The summed E-state index contributed by atoms with van der Waals surface area (Å²) in [5.74, 6) is -0.387. The molecule has 5 nitrogen and oxygen atoms in total. The molecule has 0 atom stereocenters. The van der Waals surface area contributed by atoms with E-state index in [1.54, 1.807) is 11.3 Å². The third kappa shape index (κ3) is 3.67. The standard InChI is InChI=1S/C16H22N2O3S/c19-15(11-6-8-21-9-7-11)17-18-16(20)14-10-12-4-2-1-3-5-13(12)22-14/h10-11H,1-9H2,(H,17,19)(H,18,20). The van der Waals surface area contributed by atoms with Crippen molar-refractivity contribution in [1.82, 2.24) is 10.9 Å². The van der Waals surface area contributed by atoms with Gasteiger partial charge in [0, 0.05) is 24.0 Å². The highest BCUT2D eigenvalue weighted by Crippen LogP contribution is 2.28. The molecule has 120 valence electrons. The summed E-state index contributed by atoms with van der Waals surface area (Å²) in [5, 5.41) is 0. The van der Waals surface area contributed by atoms with E-state index in [9.17, 15) is 9.59 Å². The van der Waals surface area contributed by atoms with E-state index in [0.717, 1.165) is 25.7 Å². The molecule has 2 aliphatic rings. The number of rotatable bonds is 2. The van der Waals surface area contributed by atoms with Crippen LogP contribution in [0.2, 0.25) is 0 Å². The maximum Gasteiger partial charge on any atom is 0.279 e. The molecule has 0 radical (unpaired) electrons. The summed E-state index contributed by atoms with van der Waals surface area (Å²) in [6.07, 6.45) is 7.24. The number of carbonyl (C=O) groups is 2. The largest absolute Gasteiger partial charge is 0.381 e. The SMILES string of the molecule is O=C(NNC(=O)C1CCOCC1)c1cc2c(s1)CCCCC2. The monoisotopic (exact) mass is 322 g/mol. The van der Waals surface area contributed by atoms with Crippen LogP contribution < -0.4 is 10.9 Å². The average molecular weight is 322 g/mol. The van der Waals surface area contributed by atoms with Crippen LogP contribution in [-0.4, -0.2) is 25.0 Å². The van der Waals surface area contributed by atoms with Gasteiger partial charge in [0.05, 0.1) is 4.88 Å². The summed E-state index contributed by atoms with van der Waals surface area (Å²) in [5.41, 5.74) is 6.42. The Bertz CT molecular complexity index is 526. The number of thiophene rings is 1. The van der Waals surface area contributed by atoms with Crippen LogP contribution in [0.1, 0.15) is 52.2 Å². The van der Waals surface area contributed by atoms with Gasteiger partial charge in [-0.05, 0) is 50.2 Å². The number of carbonyl (C=O) groups excluding carboxylic acids is 2. The number of hydrogen-bond acceptors (Lipinski definition) is 4. The molecule has 0 spiro atoms. The van der Waals surface area contributed by atoms with Crippen LogP contribution in [0.15, 0.2) is 6.07 Å². The molecular weight excluding hydrogens is 300 g/mol. The first-order valence-corrected chi connectivity index (χ1v) is 8.85. The zero-order chi connectivity index (χ0) is 15.4. The van der Waals surface area contributed by atoms with Gasteiger partial charge in [0.2, 0.25) is 5.91 Å². The number of fused-ring (bicyclic) bond motifs is 1. The molecule has 1 aromatic rings. The maximum atomic E-state index is 12.2. The number of hydrogen-bond donors (Lipinski definition) is 2. The van der Waals surface area contributed by atoms with E-state index < -0.39 is 0 Å². The molecular formula is C16H22N2O3S.